The fraction of sp³-hybridized carbons (Fsp3) is 0.190. The van der Waals surface area contributed by atoms with Crippen LogP contribution >= 0.6 is 15.9 Å². The molecule has 1 heterocycles. The van der Waals surface area contributed by atoms with Crippen LogP contribution < -0.4 is 5.32 Å². The first kappa shape index (κ1) is 20.7. The lowest BCUT2D eigenvalue weighted by Crippen LogP contribution is -2.34. The lowest BCUT2D eigenvalue weighted by Gasteiger charge is -2.18. The van der Waals surface area contributed by atoms with E-state index in [0.29, 0.717) is 29.9 Å². The van der Waals surface area contributed by atoms with Gasteiger partial charge in [-0.1, -0.05) is 52.3 Å². The summed E-state index contributed by atoms with van der Waals surface area (Å²) in [6.45, 7) is 1.62. The van der Waals surface area contributed by atoms with E-state index in [2.05, 4.69) is 26.2 Å². The molecule has 1 aromatic heterocycles. The maximum Gasteiger partial charge on any atom is 0.243 e. The highest BCUT2D eigenvalue weighted by molar-refractivity contribution is 9.10. The number of aromatic nitrogens is 1. The van der Waals surface area contributed by atoms with Crippen molar-refractivity contribution in [3.8, 4) is 0 Å². The van der Waals surface area contributed by atoms with Crippen molar-refractivity contribution in [3.05, 3.63) is 77.0 Å². The summed E-state index contributed by atoms with van der Waals surface area (Å²) in [4.78, 5) is 4.37. The maximum absolute atomic E-state index is 12.9. The molecule has 0 saturated heterocycles. The van der Waals surface area contributed by atoms with Gasteiger partial charge >= 0.3 is 0 Å². The minimum absolute atomic E-state index is 0.310. The molecule has 0 unspecified atom stereocenters. The normalized spacial score (nSPS) is 12.2. The molecule has 0 aliphatic carbocycles. The van der Waals surface area contributed by atoms with Crippen LogP contribution in [0, 0.1) is 0 Å². The van der Waals surface area contributed by atoms with E-state index in [1.807, 2.05) is 42.5 Å². The minimum atomic E-state index is -3.56. The first-order valence-electron chi connectivity index (χ1n) is 8.90. The zero-order chi connectivity index (χ0) is 20.0. The van der Waals surface area contributed by atoms with Crippen LogP contribution in [-0.2, 0) is 10.0 Å². The zero-order valence-electron chi connectivity index (χ0n) is 15.5. The van der Waals surface area contributed by atoms with Gasteiger partial charge in [0, 0.05) is 54.3 Å². The van der Waals surface area contributed by atoms with Crippen LogP contribution in [0.1, 0.15) is 5.56 Å². The molecule has 0 atom stereocenters. The average Bonchev–Trinajstić information content (AvgIpc) is 2.71. The highest BCUT2D eigenvalue weighted by Crippen LogP contribution is 2.24. The van der Waals surface area contributed by atoms with Gasteiger partial charge in [0.1, 0.15) is 0 Å². The van der Waals surface area contributed by atoms with Gasteiger partial charge in [0.15, 0.2) is 0 Å². The second-order valence-corrected chi connectivity index (χ2v) is 9.27. The number of pyridine rings is 1. The summed E-state index contributed by atoms with van der Waals surface area (Å²) in [5, 5.41) is 4.75. The Balaban J connectivity index is 1.55. The third-order valence-electron chi connectivity index (χ3n) is 4.37. The fourth-order valence-electron chi connectivity index (χ4n) is 2.80. The maximum atomic E-state index is 12.9. The molecule has 3 rings (SSSR count). The summed E-state index contributed by atoms with van der Waals surface area (Å²) in [6.07, 6.45) is 7.34. The van der Waals surface area contributed by atoms with Gasteiger partial charge < -0.3 is 5.32 Å². The number of rotatable bonds is 8. The zero-order valence-corrected chi connectivity index (χ0v) is 17.9. The highest BCUT2D eigenvalue weighted by Gasteiger charge is 2.22. The Bertz CT molecular complexity index is 1060. The number of sulfonamides is 1. The molecule has 28 heavy (non-hydrogen) atoms. The molecular formula is C21H22BrN3O2S. The average molecular weight is 459 g/mol. The van der Waals surface area contributed by atoms with Crippen molar-refractivity contribution in [2.75, 3.05) is 26.7 Å². The molecule has 7 heteroatoms. The molecule has 0 amide bonds. The van der Waals surface area contributed by atoms with Gasteiger partial charge in [-0.2, -0.15) is 4.31 Å². The Labute approximate surface area is 174 Å². The summed E-state index contributed by atoms with van der Waals surface area (Å²) in [7, 11) is -1.96. The van der Waals surface area contributed by atoms with E-state index in [0.717, 1.165) is 15.4 Å². The van der Waals surface area contributed by atoms with E-state index < -0.39 is 10.0 Å². The Morgan fingerprint density at radius 1 is 1.14 bits per heavy atom. The van der Waals surface area contributed by atoms with Gasteiger partial charge in [0.25, 0.3) is 0 Å². The standard InChI is InChI=1S/C21H22BrN3O2S/c1-25(15-14-23-12-3-4-17-7-9-19(22)10-8-17)28(26,27)21-6-2-5-18-16-24-13-11-20(18)21/h2-11,13,16,23H,12,14-15H2,1H3/b4-3+/i1-1. The first-order valence-corrected chi connectivity index (χ1v) is 11.1. The number of hydrogen-bond donors (Lipinski definition) is 1. The molecule has 3 aromatic rings. The topological polar surface area (TPSA) is 62.3 Å². The lowest BCUT2D eigenvalue weighted by atomic mass is 10.2. The number of likely N-dealkylation sites (N-methyl/N-ethyl adjacent to an activating group) is 1. The monoisotopic (exact) mass is 458 g/mol. The summed E-state index contributed by atoms with van der Waals surface area (Å²) in [5.74, 6) is 0. The molecule has 0 radical (unpaired) electrons. The van der Waals surface area contributed by atoms with E-state index in [4.69, 9.17) is 0 Å². The Kier molecular flexibility index (Phi) is 6.96. The third-order valence-corrected chi connectivity index (χ3v) is 6.82. The third kappa shape index (κ3) is 5.05. The van der Waals surface area contributed by atoms with Crippen LogP contribution in [0.15, 0.2) is 76.4 Å². The van der Waals surface area contributed by atoms with E-state index >= 15 is 0 Å². The summed E-state index contributed by atoms with van der Waals surface area (Å²) < 4.78 is 28.3. The van der Waals surface area contributed by atoms with E-state index in [1.165, 1.54) is 4.31 Å². The number of nitrogens with one attached hydrogen (secondary N) is 1. The molecule has 1 N–H and O–H groups in total. The summed E-state index contributed by atoms with van der Waals surface area (Å²) in [5.41, 5.74) is 1.12. The number of fused-ring (bicyclic) bond motifs is 1. The molecule has 0 aliphatic rings. The van der Waals surface area contributed by atoms with Crippen LogP contribution in [0.3, 0.4) is 0 Å². The molecule has 0 saturated carbocycles. The Morgan fingerprint density at radius 3 is 2.71 bits per heavy atom. The highest BCUT2D eigenvalue weighted by atomic mass is 79.9. The second kappa shape index (κ2) is 9.43. The second-order valence-electron chi connectivity index (χ2n) is 6.34. The summed E-state index contributed by atoms with van der Waals surface area (Å²) >= 11 is 3.41. The van der Waals surface area contributed by atoms with Crippen molar-refractivity contribution in [3.63, 3.8) is 0 Å². The van der Waals surface area contributed by atoms with E-state index in [9.17, 15) is 8.42 Å². The minimum Gasteiger partial charge on any atom is -0.312 e. The van der Waals surface area contributed by atoms with Gasteiger partial charge in [0.2, 0.25) is 10.0 Å². The SMILES string of the molecule is [11CH3]N(CCNC/C=C/c1ccc(Br)cc1)S(=O)(=O)c1cccc2cnccc12. The smallest absolute Gasteiger partial charge is 0.243 e. The largest absolute Gasteiger partial charge is 0.312 e. The first-order chi connectivity index (χ1) is 13.5. The fourth-order valence-corrected chi connectivity index (χ4v) is 4.44. The van der Waals surface area contributed by atoms with E-state index in [1.54, 1.807) is 37.6 Å². The Morgan fingerprint density at radius 2 is 1.93 bits per heavy atom. The predicted molar refractivity (Wildman–Crippen MR) is 118 cm³/mol. The molecule has 146 valence electrons. The van der Waals surface area contributed by atoms with Gasteiger partial charge in [-0.05, 0) is 29.8 Å². The molecule has 5 nitrogen and oxygen atoms in total. The van der Waals surface area contributed by atoms with Crippen molar-refractivity contribution < 1.29 is 8.42 Å². The van der Waals surface area contributed by atoms with Crippen molar-refractivity contribution in [1.82, 2.24) is 14.6 Å². The van der Waals surface area contributed by atoms with Gasteiger partial charge in [0.05, 0.1) is 4.90 Å². The van der Waals surface area contributed by atoms with Crippen LogP contribution in [-0.4, -0.2) is 44.4 Å². The van der Waals surface area contributed by atoms with Crippen LogP contribution in [0.5, 0.6) is 0 Å². The van der Waals surface area contributed by atoms with Gasteiger partial charge in [-0.25, -0.2) is 8.42 Å². The molecule has 0 aliphatic heterocycles. The number of benzene rings is 2. The molecule has 0 fully saturated rings. The quantitative estimate of drug-likeness (QED) is 0.519. The number of hydrogen-bond acceptors (Lipinski definition) is 4. The molecule has 2 aromatic carbocycles. The number of halogens is 1. The van der Waals surface area contributed by atoms with Crippen LogP contribution in [0.4, 0.5) is 0 Å². The Hall–Kier alpha value is -2.06. The van der Waals surface area contributed by atoms with Gasteiger partial charge in [-0.3, -0.25) is 4.98 Å². The van der Waals surface area contributed by atoms with Crippen molar-refractivity contribution in [2.24, 2.45) is 0 Å². The number of nitrogens with zero attached hydrogens (tertiary/aromatic N) is 2. The molecular weight excluding hydrogens is 437 g/mol. The lowest BCUT2D eigenvalue weighted by molar-refractivity contribution is 0.464. The van der Waals surface area contributed by atoms with Crippen molar-refractivity contribution in [1.29, 1.82) is 0 Å². The predicted octanol–water partition coefficient (Wildman–Crippen LogP) is 3.92. The summed E-state index contributed by atoms with van der Waals surface area (Å²) in [6, 6.07) is 15.0. The molecule has 0 spiro atoms. The van der Waals surface area contributed by atoms with Gasteiger partial charge in [-0.15, -0.1) is 0 Å². The van der Waals surface area contributed by atoms with E-state index in [-0.39, 0.29) is 0 Å². The van der Waals surface area contributed by atoms with Crippen LogP contribution in [0.2, 0.25) is 0 Å². The van der Waals surface area contributed by atoms with Crippen molar-refractivity contribution >= 4 is 42.8 Å². The van der Waals surface area contributed by atoms with Crippen molar-refractivity contribution in [2.45, 2.75) is 4.90 Å². The van der Waals surface area contributed by atoms with Crippen LogP contribution in [0.25, 0.3) is 16.8 Å². The molecule has 0 bridgehead atoms.